The van der Waals surface area contributed by atoms with Gasteiger partial charge in [0.05, 0.1) is 20.8 Å². The maximum Gasteiger partial charge on any atom is 0.291 e. The topological polar surface area (TPSA) is 102 Å². The van der Waals surface area contributed by atoms with Crippen LogP contribution in [0.15, 0.2) is 101 Å². The Hall–Kier alpha value is -4.71. The van der Waals surface area contributed by atoms with Gasteiger partial charge in [0, 0.05) is 30.4 Å². The lowest BCUT2D eigenvalue weighted by Gasteiger charge is -2.25. The molecule has 7 rings (SSSR count). The molecule has 4 heterocycles. The number of nitrogens with zero attached hydrogens (tertiary/aromatic N) is 6. The first-order chi connectivity index (χ1) is 21.5. The number of benzene rings is 3. The number of piperidine rings is 1. The fourth-order valence-electron chi connectivity index (χ4n) is 5.26. The second-order valence-corrected chi connectivity index (χ2v) is 13.5. The van der Waals surface area contributed by atoms with Crippen molar-refractivity contribution in [2.24, 2.45) is 0 Å². The van der Waals surface area contributed by atoms with Crippen LogP contribution in [0.1, 0.15) is 36.2 Å². The monoisotopic (exact) mass is 620 g/mol. The SMILES string of the molecule is O=c1/c(=C/c2cn(-c3ccccc3)nc2-c2ccc(S(=O)(=O)N3CCCCC3)cc2)sc2nc(/C=C/c3ccccc3)nn12. The third-order valence-corrected chi connectivity index (χ3v) is 10.4. The predicted molar refractivity (Wildman–Crippen MR) is 173 cm³/mol. The second kappa shape index (κ2) is 11.8. The molecule has 220 valence electrons. The Morgan fingerprint density at radius 3 is 2.20 bits per heavy atom. The first kappa shape index (κ1) is 28.1. The molecular formula is C33H28N6O3S2. The number of para-hydroxylation sites is 1. The van der Waals surface area contributed by atoms with E-state index < -0.39 is 10.0 Å². The van der Waals surface area contributed by atoms with Crippen LogP contribution in [0.5, 0.6) is 0 Å². The molecule has 44 heavy (non-hydrogen) atoms. The molecule has 1 saturated heterocycles. The van der Waals surface area contributed by atoms with E-state index in [1.165, 1.54) is 15.9 Å². The van der Waals surface area contributed by atoms with Crippen LogP contribution >= 0.6 is 11.3 Å². The quantitative estimate of drug-likeness (QED) is 0.252. The number of hydrogen-bond donors (Lipinski definition) is 0. The van der Waals surface area contributed by atoms with E-state index in [-0.39, 0.29) is 10.5 Å². The molecule has 6 aromatic rings. The number of fused-ring (bicyclic) bond motifs is 1. The van der Waals surface area contributed by atoms with Crippen molar-refractivity contribution in [1.29, 1.82) is 0 Å². The Balaban J connectivity index is 1.26. The van der Waals surface area contributed by atoms with Crippen LogP contribution in [0.25, 0.3) is 40.1 Å². The molecular weight excluding hydrogens is 593 g/mol. The molecule has 9 nitrogen and oxygen atoms in total. The highest BCUT2D eigenvalue weighted by molar-refractivity contribution is 7.89. The Kier molecular flexibility index (Phi) is 7.51. The largest absolute Gasteiger partial charge is 0.291 e. The molecule has 0 amide bonds. The zero-order chi connectivity index (χ0) is 30.1. The minimum atomic E-state index is -3.56. The van der Waals surface area contributed by atoms with Crippen LogP contribution in [0.2, 0.25) is 0 Å². The Morgan fingerprint density at radius 2 is 1.50 bits per heavy atom. The van der Waals surface area contributed by atoms with Gasteiger partial charge in [0.15, 0.2) is 5.82 Å². The van der Waals surface area contributed by atoms with Crippen molar-refractivity contribution in [3.8, 4) is 16.9 Å². The van der Waals surface area contributed by atoms with E-state index in [1.807, 2.05) is 72.9 Å². The maximum absolute atomic E-state index is 13.4. The summed E-state index contributed by atoms with van der Waals surface area (Å²) < 4.78 is 31.5. The van der Waals surface area contributed by atoms with E-state index in [1.54, 1.807) is 45.4 Å². The highest BCUT2D eigenvalue weighted by Gasteiger charge is 2.26. The van der Waals surface area contributed by atoms with E-state index in [9.17, 15) is 13.2 Å². The first-order valence-corrected chi connectivity index (χ1v) is 16.6. The third kappa shape index (κ3) is 5.52. The summed E-state index contributed by atoms with van der Waals surface area (Å²) in [5, 5.41) is 9.26. The average molecular weight is 621 g/mol. The molecule has 0 atom stereocenters. The van der Waals surface area contributed by atoms with Gasteiger partial charge in [-0.05, 0) is 54.8 Å². The van der Waals surface area contributed by atoms with Crippen molar-refractivity contribution in [1.82, 2.24) is 28.7 Å². The zero-order valence-corrected chi connectivity index (χ0v) is 25.3. The molecule has 1 aliphatic heterocycles. The van der Waals surface area contributed by atoms with Crippen molar-refractivity contribution in [2.75, 3.05) is 13.1 Å². The number of aromatic nitrogens is 5. The summed E-state index contributed by atoms with van der Waals surface area (Å²) in [6.45, 7) is 1.10. The predicted octanol–water partition coefficient (Wildman–Crippen LogP) is 4.90. The van der Waals surface area contributed by atoms with Crippen molar-refractivity contribution in [3.05, 3.63) is 123 Å². The van der Waals surface area contributed by atoms with Crippen LogP contribution in [0.4, 0.5) is 0 Å². The molecule has 0 aliphatic carbocycles. The second-order valence-electron chi connectivity index (χ2n) is 10.5. The van der Waals surface area contributed by atoms with E-state index in [2.05, 4.69) is 10.1 Å². The van der Waals surface area contributed by atoms with Gasteiger partial charge in [0.2, 0.25) is 15.0 Å². The fourth-order valence-corrected chi connectivity index (χ4v) is 7.69. The summed E-state index contributed by atoms with van der Waals surface area (Å²) in [6.07, 6.45) is 10.2. The van der Waals surface area contributed by atoms with Gasteiger partial charge in [-0.25, -0.2) is 13.1 Å². The summed E-state index contributed by atoms with van der Waals surface area (Å²) in [4.78, 5) is 18.7. The third-order valence-electron chi connectivity index (χ3n) is 7.55. The molecule has 1 fully saturated rings. The van der Waals surface area contributed by atoms with Crippen LogP contribution in [0, 0.1) is 0 Å². The highest BCUT2D eigenvalue weighted by Crippen LogP contribution is 2.27. The smallest absolute Gasteiger partial charge is 0.266 e. The summed E-state index contributed by atoms with van der Waals surface area (Å²) >= 11 is 1.26. The molecule has 1 aliphatic rings. The normalized spacial score (nSPS) is 15.0. The lowest BCUT2D eigenvalue weighted by atomic mass is 10.1. The lowest BCUT2D eigenvalue weighted by molar-refractivity contribution is 0.346. The summed E-state index contributed by atoms with van der Waals surface area (Å²) in [5.74, 6) is 0.459. The minimum Gasteiger partial charge on any atom is -0.266 e. The van der Waals surface area contributed by atoms with Crippen molar-refractivity contribution in [3.63, 3.8) is 0 Å². The van der Waals surface area contributed by atoms with Gasteiger partial charge in [-0.15, -0.1) is 5.10 Å². The zero-order valence-electron chi connectivity index (χ0n) is 23.7. The first-order valence-electron chi connectivity index (χ1n) is 14.4. The molecule has 0 spiro atoms. The molecule has 0 radical (unpaired) electrons. The number of hydrogen-bond acceptors (Lipinski definition) is 7. The van der Waals surface area contributed by atoms with Gasteiger partial charge in [0.1, 0.15) is 0 Å². The van der Waals surface area contributed by atoms with Crippen LogP contribution in [-0.2, 0) is 10.0 Å². The standard InChI is InChI=1S/C33H28N6O3S2/c40-32-29(43-33-34-30(35-39(32)33)19-14-24-10-4-1-5-11-24)22-26-23-38(27-12-6-2-7-13-27)36-31(26)25-15-17-28(18-16-25)44(41,42)37-20-8-3-9-21-37/h1-2,4-7,10-19,22-23H,3,8-9,20-21H2/b19-14+,29-22-. The molecule has 0 unspecified atom stereocenters. The van der Waals surface area contributed by atoms with Crippen LogP contribution < -0.4 is 10.1 Å². The van der Waals surface area contributed by atoms with Gasteiger partial charge in [-0.3, -0.25) is 4.79 Å². The van der Waals surface area contributed by atoms with E-state index >= 15 is 0 Å². The molecule has 0 saturated carbocycles. The number of rotatable bonds is 7. The maximum atomic E-state index is 13.4. The Bertz CT molecular complexity index is 2180. The van der Waals surface area contributed by atoms with Crippen molar-refractivity contribution < 1.29 is 8.42 Å². The molecule has 11 heteroatoms. The van der Waals surface area contributed by atoms with E-state index in [0.717, 1.165) is 36.1 Å². The van der Waals surface area contributed by atoms with Crippen LogP contribution in [-0.4, -0.2) is 50.2 Å². The van der Waals surface area contributed by atoms with E-state index in [4.69, 9.17) is 5.10 Å². The highest BCUT2D eigenvalue weighted by atomic mass is 32.2. The lowest BCUT2D eigenvalue weighted by Crippen LogP contribution is -2.35. The number of sulfonamides is 1. The van der Waals surface area contributed by atoms with E-state index in [0.29, 0.717) is 39.7 Å². The fraction of sp³-hybridized carbons (Fsp3) is 0.152. The minimum absolute atomic E-state index is 0.265. The van der Waals surface area contributed by atoms with Gasteiger partial charge >= 0.3 is 0 Å². The molecule has 3 aromatic carbocycles. The molecule has 0 N–H and O–H groups in total. The van der Waals surface area contributed by atoms with Crippen LogP contribution in [0.3, 0.4) is 0 Å². The van der Waals surface area contributed by atoms with Gasteiger partial charge in [0.25, 0.3) is 5.56 Å². The Morgan fingerprint density at radius 1 is 0.795 bits per heavy atom. The average Bonchev–Trinajstić information content (AvgIpc) is 3.76. The summed E-state index contributed by atoms with van der Waals surface area (Å²) in [6, 6.07) is 26.3. The molecule has 3 aromatic heterocycles. The van der Waals surface area contributed by atoms with Crippen molar-refractivity contribution in [2.45, 2.75) is 24.2 Å². The summed E-state index contributed by atoms with van der Waals surface area (Å²) in [7, 11) is -3.56. The van der Waals surface area contributed by atoms with Crippen molar-refractivity contribution >= 4 is 44.5 Å². The van der Waals surface area contributed by atoms with Gasteiger partial charge in [-0.1, -0.05) is 84.5 Å². The molecule has 0 bridgehead atoms. The van der Waals surface area contributed by atoms with Gasteiger partial charge < -0.3 is 0 Å². The summed E-state index contributed by atoms with van der Waals surface area (Å²) in [5.41, 5.74) is 3.69. The van der Waals surface area contributed by atoms with Gasteiger partial charge in [-0.2, -0.15) is 18.9 Å². The Labute approximate surface area is 258 Å². The number of thiazole rings is 1.